The number of carbonyl (C=O) groups excluding carboxylic acids is 1. The quantitative estimate of drug-likeness (QED) is 0.579. The van der Waals surface area contributed by atoms with Gasteiger partial charge in [-0.05, 0) is 38.1 Å². The summed E-state index contributed by atoms with van der Waals surface area (Å²) in [7, 11) is 3.27. The Morgan fingerprint density at radius 2 is 2.04 bits per heavy atom. The van der Waals surface area contributed by atoms with Crippen molar-refractivity contribution in [1.29, 1.82) is 0 Å². The van der Waals surface area contributed by atoms with Crippen LogP contribution in [0.2, 0.25) is 5.02 Å². The van der Waals surface area contributed by atoms with Crippen LogP contribution in [0.25, 0.3) is 10.2 Å². The Bertz CT molecular complexity index is 938. The monoisotopic (exact) mass is 404 g/mol. The van der Waals surface area contributed by atoms with E-state index in [1.807, 2.05) is 38.1 Å². The fourth-order valence-corrected chi connectivity index (χ4v) is 3.95. The highest BCUT2D eigenvalue weighted by Crippen LogP contribution is 2.37. The van der Waals surface area contributed by atoms with Gasteiger partial charge in [-0.25, -0.2) is 4.98 Å². The molecule has 0 aliphatic carbocycles. The molecule has 3 rings (SSSR count). The molecule has 0 unspecified atom stereocenters. The first kappa shape index (κ1) is 19.5. The van der Waals surface area contributed by atoms with E-state index in [9.17, 15) is 4.79 Å². The Hall–Kier alpha value is -2.31. The molecule has 0 N–H and O–H groups in total. The van der Waals surface area contributed by atoms with E-state index in [4.69, 9.17) is 21.1 Å². The maximum absolute atomic E-state index is 12.9. The molecule has 1 aromatic heterocycles. The minimum absolute atomic E-state index is 0.0559. The highest BCUT2D eigenvalue weighted by molar-refractivity contribution is 7.18. The number of aromatic nitrogens is 1. The average molecular weight is 405 g/mol. The van der Waals surface area contributed by atoms with Gasteiger partial charge in [0.25, 0.3) is 5.91 Å². The maximum Gasteiger partial charge on any atom is 0.254 e. The van der Waals surface area contributed by atoms with Crippen LogP contribution in [-0.4, -0.2) is 36.1 Å². The lowest BCUT2D eigenvalue weighted by Gasteiger charge is -2.19. The van der Waals surface area contributed by atoms with Crippen molar-refractivity contribution in [3.63, 3.8) is 0 Å². The van der Waals surface area contributed by atoms with Crippen molar-refractivity contribution in [2.24, 2.45) is 0 Å². The first-order valence-corrected chi connectivity index (χ1v) is 9.72. The van der Waals surface area contributed by atoms with E-state index in [1.54, 1.807) is 35.4 Å². The molecular weight excluding hydrogens is 384 g/mol. The van der Waals surface area contributed by atoms with Crippen LogP contribution in [0.5, 0.6) is 11.5 Å². The summed E-state index contributed by atoms with van der Waals surface area (Å²) in [5.41, 5.74) is 1.38. The predicted molar refractivity (Wildman–Crippen MR) is 109 cm³/mol. The van der Waals surface area contributed by atoms with Crippen LogP contribution in [0.15, 0.2) is 36.4 Å². The van der Waals surface area contributed by atoms with Gasteiger partial charge in [-0.3, -0.25) is 4.79 Å². The lowest BCUT2D eigenvalue weighted by Crippen LogP contribution is -2.26. The molecule has 0 fully saturated rings. The third-order valence-electron chi connectivity index (χ3n) is 3.89. The second-order valence-corrected chi connectivity index (χ2v) is 7.92. The first-order valence-electron chi connectivity index (χ1n) is 8.53. The Balaban J connectivity index is 1.82. The zero-order valence-corrected chi connectivity index (χ0v) is 17.2. The molecule has 142 valence electrons. The van der Waals surface area contributed by atoms with Crippen LogP contribution in [0, 0.1) is 0 Å². The molecule has 0 saturated heterocycles. The number of halogens is 1. The van der Waals surface area contributed by atoms with Crippen molar-refractivity contribution in [3.8, 4) is 11.5 Å². The highest BCUT2D eigenvalue weighted by Gasteiger charge is 2.20. The van der Waals surface area contributed by atoms with E-state index in [-0.39, 0.29) is 12.0 Å². The Morgan fingerprint density at radius 3 is 2.70 bits per heavy atom. The fourth-order valence-electron chi connectivity index (χ4n) is 2.68. The van der Waals surface area contributed by atoms with Gasteiger partial charge in [-0.2, -0.15) is 0 Å². The predicted octanol–water partition coefficient (Wildman–Crippen LogP) is 5.02. The lowest BCUT2D eigenvalue weighted by molar-refractivity contribution is 0.0784. The second kappa shape index (κ2) is 8.15. The van der Waals surface area contributed by atoms with Crippen LogP contribution in [0.3, 0.4) is 0 Å². The fraction of sp³-hybridized carbons (Fsp3) is 0.300. The van der Waals surface area contributed by atoms with Gasteiger partial charge in [0.2, 0.25) is 0 Å². The van der Waals surface area contributed by atoms with Crippen LogP contribution < -0.4 is 9.47 Å². The summed E-state index contributed by atoms with van der Waals surface area (Å²) in [4.78, 5) is 19.1. The van der Waals surface area contributed by atoms with Crippen LogP contribution in [0.1, 0.15) is 29.2 Å². The molecular formula is C20H21ClN2O3S. The van der Waals surface area contributed by atoms with E-state index >= 15 is 0 Å². The molecule has 0 bridgehead atoms. The van der Waals surface area contributed by atoms with Crippen LogP contribution in [0.4, 0.5) is 0 Å². The summed E-state index contributed by atoms with van der Waals surface area (Å²) < 4.78 is 12.2. The number of benzene rings is 2. The third-order valence-corrected chi connectivity index (χ3v) is 5.19. The number of nitrogens with zero attached hydrogens (tertiary/aromatic N) is 2. The molecule has 0 aliphatic heterocycles. The summed E-state index contributed by atoms with van der Waals surface area (Å²) in [6.07, 6.45) is -0.0559. The van der Waals surface area contributed by atoms with Crippen LogP contribution in [-0.2, 0) is 6.54 Å². The number of para-hydroxylation sites is 1. The van der Waals surface area contributed by atoms with E-state index < -0.39 is 0 Å². The third kappa shape index (κ3) is 4.34. The van der Waals surface area contributed by atoms with Crippen molar-refractivity contribution in [3.05, 3.63) is 52.0 Å². The molecule has 0 radical (unpaired) electrons. The molecule has 1 heterocycles. The first-order chi connectivity index (χ1) is 12.9. The number of rotatable bonds is 6. The number of ether oxygens (including phenoxy) is 2. The summed E-state index contributed by atoms with van der Waals surface area (Å²) in [5, 5.41) is 1.23. The average Bonchev–Trinajstić information content (AvgIpc) is 3.04. The number of hydrogen-bond donors (Lipinski definition) is 0. The van der Waals surface area contributed by atoms with Crippen molar-refractivity contribution >= 4 is 39.1 Å². The normalized spacial score (nSPS) is 11.0. The summed E-state index contributed by atoms with van der Waals surface area (Å²) in [6.45, 7) is 4.23. The number of carbonyl (C=O) groups is 1. The topological polar surface area (TPSA) is 51.7 Å². The summed E-state index contributed by atoms with van der Waals surface area (Å²) >= 11 is 7.92. The van der Waals surface area contributed by atoms with Crippen LogP contribution >= 0.6 is 22.9 Å². The number of hydrogen-bond acceptors (Lipinski definition) is 5. The zero-order chi connectivity index (χ0) is 19.6. The molecule has 5 nitrogen and oxygen atoms in total. The van der Waals surface area contributed by atoms with Crippen molar-refractivity contribution < 1.29 is 14.3 Å². The van der Waals surface area contributed by atoms with E-state index in [0.717, 1.165) is 15.2 Å². The van der Waals surface area contributed by atoms with E-state index in [2.05, 4.69) is 4.98 Å². The zero-order valence-electron chi connectivity index (χ0n) is 15.7. The Labute approximate surface area is 167 Å². The minimum Gasteiger partial charge on any atom is -0.493 e. The molecule has 2 aromatic carbocycles. The van der Waals surface area contributed by atoms with Gasteiger partial charge < -0.3 is 14.4 Å². The van der Waals surface area contributed by atoms with Gasteiger partial charge in [0, 0.05) is 12.6 Å². The van der Waals surface area contributed by atoms with Gasteiger partial charge >= 0.3 is 0 Å². The number of amides is 1. The lowest BCUT2D eigenvalue weighted by atomic mass is 10.1. The molecule has 1 amide bonds. The largest absolute Gasteiger partial charge is 0.493 e. The van der Waals surface area contributed by atoms with Crippen molar-refractivity contribution in [1.82, 2.24) is 9.88 Å². The van der Waals surface area contributed by atoms with Crippen molar-refractivity contribution in [2.45, 2.75) is 26.5 Å². The number of methoxy groups -OCH3 is 1. The summed E-state index contributed by atoms with van der Waals surface area (Å²) in [6, 6.07) is 11.2. The second-order valence-electron chi connectivity index (χ2n) is 6.39. The molecule has 0 atom stereocenters. The molecule has 27 heavy (non-hydrogen) atoms. The standard InChI is InChI=1S/C20H21ClN2O3S/c1-12(2)26-19-14(21)9-13(10-16(19)25-4)20(24)23(3)11-18-22-15-7-5-6-8-17(15)27-18/h5-10,12H,11H2,1-4H3. The van der Waals surface area contributed by atoms with Gasteiger partial charge in [0.15, 0.2) is 11.5 Å². The van der Waals surface area contributed by atoms with Gasteiger partial charge in [-0.15, -0.1) is 11.3 Å². The molecule has 0 spiro atoms. The molecule has 7 heteroatoms. The van der Waals surface area contributed by atoms with E-state index in [0.29, 0.717) is 28.6 Å². The van der Waals surface area contributed by atoms with Gasteiger partial charge in [0.05, 0.1) is 35.0 Å². The SMILES string of the molecule is COc1cc(C(=O)N(C)Cc2nc3ccccc3s2)cc(Cl)c1OC(C)C. The number of fused-ring (bicyclic) bond motifs is 1. The molecule has 3 aromatic rings. The Kier molecular flexibility index (Phi) is 5.87. The van der Waals surface area contributed by atoms with Gasteiger partial charge in [-0.1, -0.05) is 23.7 Å². The number of thiazole rings is 1. The summed E-state index contributed by atoms with van der Waals surface area (Å²) in [5.74, 6) is 0.720. The molecule has 0 aliphatic rings. The molecule has 0 saturated carbocycles. The Morgan fingerprint density at radius 1 is 1.30 bits per heavy atom. The smallest absolute Gasteiger partial charge is 0.254 e. The van der Waals surface area contributed by atoms with Crippen molar-refractivity contribution in [2.75, 3.05) is 14.2 Å². The maximum atomic E-state index is 12.9. The minimum atomic E-state index is -0.162. The highest BCUT2D eigenvalue weighted by atomic mass is 35.5. The van der Waals surface area contributed by atoms with E-state index in [1.165, 1.54) is 7.11 Å². The van der Waals surface area contributed by atoms with Gasteiger partial charge in [0.1, 0.15) is 5.01 Å².